The molecule has 1 amide bonds. The van der Waals surface area contributed by atoms with E-state index in [2.05, 4.69) is 9.46 Å². The van der Waals surface area contributed by atoms with Gasteiger partial charge >= 0.3 is 6.36 Å². The fourth-order valence-corrected chi connectivity index (χ4v) is 4.19. The maximum absolute atomic E-state index is 12.5. The third kappa shape index (κ3) is 6.21. The van der Waals surface area contributed by atoms with Gasteiger partial charge < -0.3 is 9.64 Å². The zero-order valence-electron chi connectivity index (χ0n) is 17.1. The largest absolute Gasteiger partial charge is 0.573 e. The number of benzene rings is 3. The maximum atomic E-state index is 12.5. The molecule has 10 heteroatoms. The highest BCUT2D eigenvalue weighted by Gasteiger charge is 2.31. The standard InChI is InChI=1S/C22H21F3N2O4S/c1-27(15-17-7-4-6-16-5-2-3-8-20(16)17)21(28)13-14-26-32(29,30)19-11-9-18(10-12-19)31-22(23,24)25/h2-12,26H,13-15H2,1H3. The molecule has 1 N–H and O–H groups in total. The van der Waals surface area contributed by atoms with Crippen molar-refractivity contribution in [2.24, 2.45) is 0 Å². The second kappa shape index (κ2) is 9.58. The molecule has 0 aliphatic carbocycles. The molecule has 3 aromatic carbocycles. The zero-order valence-corrected chi connectivity index (χ0v) is 17.9. The van der Waals surface area contributed by atoms with Gasteiger partial charge in [-0.25, -0.2) is 13.1 Å². The molecule has 0 saturated heterocycles. The van der Waals surface area contributed by atoms with Crippen LogP contribution in [-0.4, -0.2) is 39.2 Å². The second-order valence-electron chi connectivity index (χ2n) is 7.06. The van der Waals surface area contributed by atoms with E-state index in [1.165, 1.54) is 4.90 Å². The van der Waals surface area contributed by atoms with Crippen molar-refractivity contribution in [3.05, 3.63) is 72.3 Å². The van der Waals surface area contributed by atoms with Crippen LogP contribution in [0.1, 0.15) is 12.0 Å². The van der Waals surface area contributed by atoms with Crippen LogP contribution in [0.3, 0.4) is 0 Å². The Morgan fingerprint density at radius 2 is 1.66 bits per heavy atom. The summed E-state index contributed by atoms with van der Waals surface area (Å²) in [5.41, 5.74) is 0.973. The number of alkyl halides is 3. The number of amides is 1. The van der Waals surface area contributed by atoms with Gasteiger partial charge in [0.2, 0.25) is 15.9 Å². The number of sulfonamides is 1. The molecule has 0 atom stereocenters. The van der Waals surface area contributed by atoms with Gasteiger partial charge in [-0.3, -0.25) is 4.79 Å². The van der Waals surface area contributed by atoms with E-state index in [9.17, 15) is 26.4 Å². The van der Waals surface area contributed by atoms with Crippen LogP contribution in [0.25, 0.3) is 10.8 Å². The highest BCUT2D eigenvalue weighted by molar-refractivity contribution is 7.89. The Morgan fingerprint density at radius 1 is 1.00 bits per heavy atom. The predicted molar refractivity (Wildman–Crippen MR) is 113 cm³/mol. The van der Waals surface area contributed by atoms with Gasteiger partial charge in [0.1, 0.15) is 5.75 Å². The van der Waals surface area contributed by atoms with E-state index >= 15 is 0 Å². The topological polar surface area (TPSA) is 75.7 Å². The molecule has 3 rings (SSSR count). The normalized spacial score (nSPS) is 12.0. The lowest BCUT2D eigenvalue weighted by Crippen LogP contribution is -2.32. The summed E-state index contributed by atoms with van der Waals surface area (Å²) >= 11 is 0. The number of hydrogen-bond donors (Lipinski definition) is 1. The van der Waals surface area contributed by atoms with Gasteiger partial charge in [0.15, 0.2) is 0 Å². The van der Waals surface area contributed by atoms with E-state index in [0.29, 0.717) is 6.54 Å². The van der Waals surface area contributed by atoms with Crippen molar-refractivity contribution in [3.63, 3.8) is 0 Å². The van der Waals surface area contributed by atoms with Crippen molar-refractivity contribution in [3.8, 4) is 5.75 Å². The number of hydrogen-bond acceptors (Lipinski definition) is 4. The molecule has 0 spiro atoms. The van der Waals surface area contributed by atoms with Crippen molar-refractivity contribution in [2.45, 2.75) is 24.2 Å². The van der Waals surface area contributed by atoms with Crippen LogP contribution < -0.4 is 9.46 Å². The van der Waals surface area contributed by atoms with Crippen molar-refractivity contribution < 1.29 is 31.1 Å². The number of fused-ring (bicyclic) bond motifs is 1. The lowest BCUT2D eigenvalue weighted by Gasteiger charge is -2.18. The van der Waals surface area contributed by atoms with Crippen molar-refractivity contribution >= 4 is 26.7 Å². The number of nitrogens with one attached hydrogen (secondary N) is 1. The Bertz CT molecular complexity index is 1190. The van der Waals surface area contributed by atoms with Gasteiger partial charge in [0.25, 0.3) is 0 Å². The van der Waals surface area contributed by atoms with Gasteiger partial charge in [-0.05, 0) is 40.6 Å². The highest BCUT2D eigenvalue weighted by atomic mass is 32.2. The van der Waals surface area contributed by atoms with Crippen LogP contribution in [0.4, 0.5) is 13.2 Å². The first-order valence-corrected chi connectivity index (χ1v) is 11.1. The lowest BCUT2D eigenvalue weighted by molar-refractivity contribution is -0.274. The number of carbonyl (C=O) groups excluding carboxylic acids is 1. The molecule has 0 aromatic heterocycles. The summed E-state index contributed by atoms with van der Waals surface area (Å²) in [5, 5.41) is 2.10. The lowest BCUT2D eigenvalue weighted by atomic mass is 10.0. The number of carbonyl (C=O) groups is 1. The van der Waals surface area contributed by atoms with E-state index in [0.717, 1.165) is 40.6 Å². The van der Waals surface area contributed by atoms with Gasteiger partial charge in [-0.1, -0.05) is 42.5 Å². The first-order chi connectivity index (χ1) is 15.0. The minimum Gasteiger partial charge on any atom is -0.406 e. The van der Waals surface area contributed by atoms with Crippen LogP contribution in [0.2, 0.25) is 0 Å². The summed E-state index contributed by atoms with van der Waals surface area (Å²) in [5.74, 6) is -0.781. The molecule has 0 aliphatic heterocycles. The number of nitrogens with zero attached hydrogens (tertiary/aromatic N) is 1. The SMILES string of the molecule is CN(Cc1cccc2ccccc12)C(=O)CCNS(=O)(=O)c1ccc(OC(F)(F)F)cc1. The highest BCUT2D eigenvalue weighted by Crippen LogP contribution is 2.24. The Morgan fingerprint density at radius 3 is 2.34 bits per heavy atom. The summed E-state index contributed by atoms with van der Waals surface area (Å²) in [6, 6.07) is 17.5. The monoisotopic (exact) mass is 466 g/mol. The molecular weight excluding hydrogens is 445 g/mol. The number of halogens is 3. The molecule has 0 aliphatic rings. The third-order valence-electron chi connectivity index (χ3n) is 4.71. The summed E-state index contributed by atoms with van der Waals surface area (Å²) in [6.07, 6.45) is -4.94. The first-order valence-electron chi connectivity index (χ1n) is 9.61. The number of rotatable bonds is 8. The minimum atomic E-state index is -4.86. The Balaban J connectivity index is 1.55. The van der Waals surface area contributed by atoms with Crippen LogP contribution in [-0.2, 0) is 21.4 Å². The third-order valence-corrected chi connectivity index (χ3v) is 6.19. The summed E-state index contributed by atoms with van der Waals surface area (Å²) in [7, 11) is -2.35. The van der Waals surface area contributed by atoms with Crippen LogP contribution in [0.15, 0.2) is 71.6 Å². The fourth-order valence-electron chi connectivity index (χ4n) is 3.16. The molecule has 0 unspecified atom stereocenters. The molecule has 0 fully saturated rings. The van der Waals surface area contributed by atoms with E-state index < -0.39 is 22.1 Å². The fraction of sp³-hybridized carbons (Fsp3) is 0.227. The molecule has 0 saturated carbocycles. The van der Waals surface area contributed by atoms with E-state index in [1.807, 2.05) is 42.5 Å². The average molecular weight is 466 g/mol. The Labute approximate surface area is 183 Å². The van der Waals surface area contributed by atoms with Gasteiger partial charge in [-0.15, -0.1) is 13.2 Å². The van der Waals surface area contributed by atoms with Crippen LogP contribution in [0, 0.1) is 0 Å². The van der Waals surface area contributed by atoms with Crippen LogP contribution >= 0.6 is 0 Å². The van der Waals surface area contributed by atoms with Crippen molar-refractivity contribution in [2.75, 3.05) is 13.6 Å². The molecule has 3 aromatic rings. The van der Waals surface area contributed by atoms with E-state index in [-0.39, 0.29) is 23.8 Å². The second-order valence-corrected chi connectivity index (χ2v) is 8.82. The van der Waals surface area contributed by atoms with Gasteiger partial charge in [0, 0.05) is 26.6 Å². The zero-order chi connectivity index (χ0) is 23.4. The molecule has 6 nitrogen and oxygen atoms in total. The predicted octanol–water partition coefficient (Wildman–Crippen LogP) is 4.07. The van der Waals surface area contributed by atoms with Crippen molar-refractivity contribution in [1.29, 1.82) is 0 Å². The number of ether oxygens (including phenoxy) is 1. The molecule has 170 valence electrons. The maximum Gasteiger partial charge on any atom is 0.573 e. The summed E-state index contributed by atoms with van der Waals surface area (Å²) in [4.78, 5) is 13.7. The smallest absolute Gasteiger partial charge is 0.406 e. The Kier molecular flexibility index (Phi) is 7.05. The molecule has 32 heavy (non-hydrogen) atoms. The molecule has 0 radical (unpaired) electrons. The summed E-state index contributed by atoms with van der Waals surface area (Å²) in [6.45, 7) is 0.218. The average Bonchev–Trinajstić information content (AvgIpc) is 2.73. The molecular formula is C22H21F3N2O4S. The minimum absolute atomic E-state index is 0.0736. The quantitative estimate of drug-likeness (QED) is 0.543. The van der Waals surface area contributed by atoms with E-state index in [1.54, 1.807) is 7.05 Å². The van der Waals surface area contributed by atoms with Gasteiger partial charge in [0.05, 0.1) is 4.90 Å². The van der Waals surface area contributed by atoms with Gasteiger partial charge in [-0.2, -0.15) is 0 Å². The molecule has 0 heterocycles. The van der Waals surface area contributed by atoms with Crippen molar-refractivity contribution in [1.82, 2.24) is 9.62 Å². The Hall–Kier alpha value is -3.11. The van der Waals surface area contributed by atoms with E-state index in [4.69, 9.17) is 0 Å². The van der Waals surface area contributed by atoms with Crippen LogP contribution in [0.5, 0.6) is 5.75 Å². The summed E-state index contributed by atoms with van der Waals surface area (Å²) < 4.78 is 67.3. The molecule has 0 bridgehead atoms. The first kappa shape index (κ1) is 23.6.